The maximum atomic E-state index is 2.56. The lowest BCUT2D eigenvalue weighted by atomic mass is 9.65. The minimum Gasteiger partial charge on any atom is -0.122 e. The molecule has 0 aliphatic heterocycles. The van der Waals surface area contributed by atoms with Crippen LogP contribution in [0, 0.1) is 23.7 Å². The molecule has 29 heavy (non-hydrogen) atoms. The third-order valence-electron chi connectivity index (χ3n) is 9.89. The summed E-state index contributed by atoms with van der Waals surface area (Å²) in [5.41, 5.74) is 6.40. The molecule has 8 unspecified atom stereocenters. The van der Waals surface area contributed by atoms with Crippen molar-refractivity contribution in [3.8, 4) is 0 Å². The molecule has 5 rings (SSSR count). The van der Waals surface area contributed by atoms with E-state index in [4.69, 9.17) is 0 Å². The van der Waals surface area contributed by atoms with Crippen molar-refractivity contribution in [3.05, 3.63) is 52.6 Å². The molecule has 2 aliphatic rings. The summed E-state index contributed by atoms with van der Waals surface area (Å²) in [5.74, 6) is 5.56. The van der Waals surface area contributed by atoms with Crippen molar-refractivity contribution < 1.29 is 0 Å². The van der Waals surface area contributed by atoms with Gasteiger partial charge in [-0.15, -0.1) is 45.5 Å². The maximum absolute atomic E-state index is 2.56. The van der Waals surface area contributed by atoms with Gasteiger partial charge in [0, 0.05) is 0 Å². The molecule has 0 heterocycles. The van der Waals surface area contributed by atoms with E-state index in [9.17, 15) is 0 Å². The molecule has 2 aliphatic carbocycles. The second kappa shape index (κ2) is 6.40. The number of hydrogen-bond acceptors (Lipinski definition) is 0. The van der Waals surface area contributed by atoms with Gasteiger partial charge in [0.15, 0.2) is 0 Å². The van der Waals surface area contributed by atoms with Crippen LogP contribution in [0.1, 0.15) is 101 Å². The summed E-state index contributed by atoms with van der Waals surface area (Å²) in [5, 5.41) is 5.86. The Labute approximate surface area is 177 Å². The van der Waals surface area contributed by atoms with Gasteiger partial charge in [-0.3, -0.25) is 0 Å². The maximum Gasteiger partial charge on any atom is -0.0166 e. The Morgan fingerprint density at radius 3 is 1.52 bits per heavy atom. The summed E-state index contributed by atoms with van der Waals surface area (Å²) in [7, 11) is 0. The van der Waals surface area contributed by atoms with E-state index < -0.39 is 0 Å². The first kappa shape index (κ1) is 19.3. The Morgan fingerprint density at radius 1 is 0.517 bits per heavy atom. The monoisotopic (exact) mass is 385 g/mol. The molecule has 0 aromatic heterocycles. The molecular weight excluding hydrogens is 348 g/mol. The molecule has 154 valence electrons. The normalized spacial score (nSPS) is 37.0. The Morgan fingerprint density at radius 2 is 0.966 bits per heavy atom. The third kappa shape index (κ3) is 2.54. The SMILES string of the molecule is CC1c2cc3c[c-]4cc5c(cc4c3cc2C(C)C(C)C1C)C(C)C(C)C(C)C5C. The molecule has 0 saturated heterocycles. The Bertz CT molecular complexity index is 1010. The van der Waals surface area contributed by atoms with Crippen molar-refractivity contribution in [1.29, 1.82) is 0 Å². The van der Waals surface area contributed by atoms with E-state index in [2.05, 4.69) is 85.7 Å². The standard InChI is InChI=1S/C29H37/c1-14-16(3)20(7)26-12-28-22(10-24(26)18(14)5)9-23-11-25-19(6)15(2)17(4)21(8)27(25)13-29(23)28/h9-21H,1-8H3/q-1. The van der Waals surface area contributed by atoms with Crippen LogP contribution in [0.15, 0.2) is 30.3 Å². The van der Waals surface area contributed by atoms with Crippen LogP contribution in [-0.4, -0.2) is 0 Å². The van der Waals surface area contributed by atoms with Crippen molar-refractivity contribution in [3.63, 3.8) is 0 Å². The van der Waals surface area contributed by atoms with Gasteiger partial charge in [0.25, 0.3) is 0 Å². The van der Waals surface area contributed by atoms with E-state index in [1.165, 1.54) is 21.5 Å². The molecule has 0 saturated carbocycles. The highest BCUT2D eigenvalue weighted by molar-refractivity contribution is 6.12. The molecule has 0 nitrogen and oxygen atoms in total. The number of rotatable bonds is 0. The summed E-state index contributed by atoms with van der Waals surface area (Å²) in [6.07, 6.45) is 0. The molecule has 0 heteroatoms. The van der Waals surface area contributed by atoms with Crippen LogP contribution in [0.3, 0.4) is 0 Å². The highest BCUT2D eigenvalue weighted by Crippen LogP contribution is 2.50. The first-order chi connectivity index (χ1) is 13.7. The third-order valence-corrected chi connectivity index (χ3v) is 9.89. The second-order valence-electron chi connectivity index (χ2n) is 10.9. The van der Waals surface area contributed by atoms with Crippen LogP contribution in [0.2, 0.25) is 0 Å². The molecule has 0 amide bonds. The van der Waals surface area contributed by atoms with Crippen LogP contribution in [0.4, 0.5) is 0 Å². The van der Waals surface area contributed by atoms with E-state index >= 15 is 0 Å². The molecule has 0 bridgehead atoms. The van der Waals surface area contributed by atoms with Gasteiger partial charge in [0.1, 0.15) is 0 Å². The van der Waals surface area contributed by atoms with Crippen LogP contribution < -0.4 is 0 Å². The largest absolute Gasteiger partial charge is 0.122 e. The Hall–Kier alpha value is -1.69. The highest BCUT2D eigenvalue weighted by atomic mass is 14.4. The topological polar surface area (TPSA) is 0 Å². The summed E-state index contributed by atoms with van der Waals surface area (Å²) >= 11 is 0. The molecule has 0 N–H and O–H groups in total. The lowest BCUT2D eigenvalue weighted by Gasteiger charge is -2.41. The van der Waals surface area contributed by atoms with E-state index in [-0.39, 0.29) is 0 Å². The summed E-state index contributed by atoms with van der Waals surface area (Å²) in [6, 6.07) is 12.7. The molecule has 0 spiro atoms. The molecule has 3 aromatic carbocycles. The smallest absolute Gasteiger partial charge is 0.0166 e. The fourth-order valence-corrected chi connectivity index (χ4v) is 6.71. The fourth-order valence-electron chi connectivity index (χ4n) is 6.71. The van der Waals surface area contributed by atoms with Crippen molar-refractivity contribution in [1.82, 2.24) is 0 Å². The lowest BCUT2D eigenvalue weighted by molar-refractivity contribution is 0.274. The fraction of sp³-hybridized carbons (Fsp3) is 0.552. The Kier molecular flexibility index (Phi) is 4.26. The van der Waals surface area contributed by atoms with E-state index in [1.54, 1.807) is 22.3 Å². The minimum absolute atomic E-state index is 0.642. The second-order valence-corrected chi connectivity index (χ2v) is 10.9. The van der Waals surface area contributed by atoms with E-state index in [0.717, 1.165) is 23.7 Å². The zero-order chi connectivity index (χ0) is 20.8. The van der Waals surface area contributed by atoms with Gasteiger partial charge >= 0.3 is 0 Å². The zero-order valence-corrected chi connectivity index (χ0v) is 19.5. The van der Waals surface area contributed by atoms with Gasteiger partial charge in [-0.25, -0.2) is 0 Å². The van der Waals surface area contributed by atoms with Crippen LogP contribution >= 0.6 is 0 Å². The summed E-state index contributed by atoms with van der Waals surface area (Å²) in [4.78, 5) is 0. The summed E-state index contributed by atoms with van der Waals surface area (Å²) in [6.45, 7) is 19.5. The number of hydrogen-bond donors (Lipinski definition) is 0. The van der Waals surface area contributed by atoms with Crippen molar-refractivity contribution in [2.45, 2.75) is 79.1 Å². The molecular formula is C29H37-. The first-order valence-corrected chi connectivity index (χ1v) is 11.9. The number of fused-ring (bicyclic) bond motifs is 5. The van der Waals surface area contributed by atoms with Crippen molar-refractivity contribution in [2.75, 3.05) is 0 Å². The lowest BCUT2D eigenvalue weighted by Crippen LogP contribution is -2.27. The molecule has 8 atom stereocenters. The van der Waals surface area contributed by atoms with Gasteiger partial charge in [-0.1, -0.05) is 72.9 Å². The average molecular weight is 386 g/mol. The predicted octanol–water partition coefficient (Wildman–Crippen LogP) is 8.70. The minimum atomic E-state index is 0.642. The van der Waals surface area contributed by atoms with Gasteiger partial charge in [-0.2, -0.15) is 0 Å². The molecule has 0 radical (unpaired) electrons. The van der Waals surface area contributed by atoms with Crippen molar-refractivity contribution in [2.24, 2.45) is 23.7 Å². The van der Waals surface area contributed by atoms with Gasteiger partial charge in [0.05, 0.1) is 0 Å². The van der Waals surface area contributed by atoms with Gasteiger partial charge in [-0.05, 0) is 58.5 Å². The van der Waals surface area contributed by atoms with Gasteiger partial charge < -0.3 is 0 Å². The van der Waals surface area contributed by atoms with E-state index in [0.29, 0.717) is 23.7 Å². The predicted molar refractivity (Wildman–Crippen MR) is 127 cm³/mol. The average Bonchev–Trinajstić information content (AvgIpc) is 3.07. The highest BCUT2D eigenvalue weighted by Gasteiger charge is 2.34. The first-order valence-electron chi connectivity index (χ1n) is 11.9. The molecule has 3 aromatic rings. The Balaban J connectivity index is 1.77. The quantitative estimate of drug-likeness (QED) is 0.339. The van der Waals surface area contributed by atoms with Crippen LogP contribution in [0.25, 0.3) is 21.5 Å². The van der Waals surface area contributed by atoms with Crippen LogP contribution in [0.5, 0.6) is 0 Å². The van der Waals surface area contributed by atoms with Gasteiger partial charge in [0.2, 0.25) is 0 Å². The van der Waals surface area contributed by atoms with E-state index in [1.807, 2.05) is 0 Å². The zero-order valence-electron chi connectivity index (χ0n) is 19.5. The molecule has 0 fully saturated rings. The number of benzene rings is 2. The van der Waals surface area contributed by atoms with Crippen molar-refractivity contribution >= 4 is 21.5 Å². The summed E-state index contributed by atoms with van der Waals surface area (Å²) < 4.78 is 0. The van der Waals surface area contributed by atoms with Crippen LogP contribution in [-0.2, 0) is 0 Å².